The summed E-state index contributed by atoms with van der Waals surface area (Å²) in [6, 6.07) is 15.9. The van der Waals surface area contributed by atoms with Gasteiger partial charge >= 0.3 is 0 Å². The molecule has 0 aliphatic carbocycles. The van der Waals surface area contributed by atoms with Crippen LogP contribution in [0.4, 0.5) is 17.1 Å². The number of alkyl halides is 2. The van der Waals surface area contributed by atoms with Crippen molar-refractivity contribution in [3.63, 3.8) is 0 Å². The standard InChI is InChI=1S/C17H19Cl2N3/c1-14-3-2-4-16(13-14)21-20-15-5-7-17(8-6-15)22(11-9-18)12-10-19/h2-8,13H,9-12H2,1H3. The molecule has 0 fully saturated rings. The van der Waals surface area contributed by atoms with Crippen LogP contribution >= 0.6 is 23.2 Å². The van der Waals surface area contributed by atoms with E-state index < -0.39 is 0 Å². The van der Waals surface area contributed by atoms with Gasteiger partial charge in [-0.05, 0) is 48.9 Å². The lowest BCUT2D eigenvalue weighted by Crippen LogP contribution is -2.27. The average molecular weight is 336 g/mol. The first-order chi connectivity index (χ1) is 10.7. The minimum absolute atomic E-state index is 0.575. The highest BCUT2D eigenvalue weighted by Crippen LogP contribution is 2.22. The molecule has 5 heteroatoms. The molecule has 116 valence electrons. The van der Waals surface area contributed by atoms with Gasteiger partial charge in [-0.2, -0.15) is 10.2 Å². The highest BCUT2D eigenvalue weighted by molar-refractivity contribution is 6.18. The second-order valence-electron chi connectivity index (χ2n) is 4.92. The number of benzene rings is 2. The largest absolute Gasteiger partial charge is 0.369 e. The van der Waals surface area contributed by atoms with Crippen molar-refractivity contribution in [3.05, 3.63) is 54.1 Å². The van der Waals surface area contributed by atoms with Gasteiger partial charge in [-0.15, -0.1) is 23.2 Å². The Balaban J connectivity index is 2.08. The molecule has 0 aliphatic rings. The summed E-state index contributed by atoms with van der Waals surface area (Å²) in [6.07, 6.45) is 0. The van der Waals surface area contributed by atoms with E-state index in [9.17, 15) is 0 Å². The summed E-state index contributed by atoms with van der Waals surface area (Å²) in [6.45, 7) is 3.59. The Hall–Kier alpha value is -1.58. The van der Waals surface area contributed by atoms with Crippen LogP contribution in [0.3, 0.4) is 0 Å². The summed E-state index contributed by atoms with van der Waals surface area (Å²) in [5, 5.41) is 8.52. The van der Waals surface area contributed by atoms with Crippen molar-refractivity contribution in [3.8, 4) is 0 Å². The first-order valence-corrected chi connectivity index (χ1v) is 8.25. The van der Waals surface area contributed by atoms with E-state index >= 15 is 0 Å². The van der Waals surface area contributed by atoms with Crippen LogP contribution in [0.25, 0.3) is 0 Å². The van der Waals surface area contributed by atoms with Gasteiger partial charge in [0.05, 0.1) is 11.4 Å². The zero-order chi connectivity index (χ0) is 15.8. The van der Waals surface area contributed by atoms with Gasteiger partial charge in [0.15, 0.2) is 0 Å². The third kappa shape index (κ3) is 5.00. The van der Waals surface area contributed by atoms with Crippen molar-refractivity contribution in [2.24, 2.45) is 10.2 Å². The maximum Gasteiger partial charge on any atom is 0.0859 e. The number of nitrogens with zero attached hydrogens (tertiary/aromatic N) is 3. The van der Waals surface area contributed by atoms with Crippen LogP contribution in [0.1, 0.15) is 5.56 Å². The summed E-state index contributed by atoms with van der Waals surface area (Å²) in [5.41, 5.74) is 3.94. The molecular formula is C17H19Cl2N3. The summed E-state index contributed by atoms with van der Waals surface area (Å²) < 4.78 is 0. The molecule has 0 spiro atoms. The summed E-state index contributed by atoms with van der Waals surface area (Å²) in [5.74, 6) is 1.15. The number of rotatable bonds is 7. The molecule has 0 radical (unpaired) electrons. The molecule has 0 unspecified atom stereocenters. The van der Waals surface area contributed by atoms with Gasteiger partial charge in [-0.25, -0.2) is 0 Å². The van der Waals surface area contributed by atoms with Crippen molar-refractivity contribution in [2.75, 3.05) is 29.7 Å². The summed E-state index contributed by atoms with van der Waals surface area (Å²) in [4.78, 5) is 2.15. The highest BCUT2D eigenvalue weighted by atomic mass is 35.5. The topological polar surface area (TPSA) is 28.0 Å². The molecule has 0 bridgehead atoms. The predicted octanol–water partition coefficient (Wildman–Crippen LogP) is 5.69. The lowest BCUT2D eigenvalue weighted by Gasteiger charge is -2.22. The van der Waals surface area contributed by atoms with E-state index in [0.717, 1.165) is 30.2 Å². The van der Waals surface area contributed by atoms with Gasteiger partial charge in [0.1, 0.15) is 0 Å². The van der Waals surface area contributed by atoms with Crippen LogP contribution in [0.15, 0.2) is 58.8 Å². The Morgan fingerprint density at radius 3 is 2.09 bits per heavy atom. The van der Waals surface area contributed by atoms with Crippen LogP contribution in [-0.2, 0) is 0 Å². The fourth-order valence-electron chi connectivity index (χ4n) is 2.11. The fourth-order valence-corrected chi connectivity index (χ4v) is 2.52. The second kappa shape index (κ2) is 8.76. The van der Waals surface area contributed by atoms with E-state index in [2.05, 4.69) is 15.1 Å². The Morgan fingerprint density at radius 2 is 1.50 bits per heavy atom. The highest BCUT2D eigenvalue weighted by Gasteiger charge is 2.04. The monoisotopic (exact) mass is 335 g/mol. The van der Waals surface area contributed by atoms with E-state index in [-0.39, 0.29) is 0 Å². The van der Waals surface area contributed by atoms with Gasteiger partial charge in [0, 0.05) is 30.5 Å². The van der Waals surface area contributed by atoms with Crippen LogP contribution in [-0.4, -0.2) is 24.8 Å². The molecule has 0 aliphatic heterocycles. The van der Waals surface area contributed by atoms with E-state index in [0.29, 0.717) is 11.8 Å². The number of aryl methyl sites for hydroxylation is 1. The van der Waals surface area contributed by atoms with Crippen molar-refractivity contribution >= 4 is 40.3 Å². The van der Waals surface area contributed by atoms with Crippen molar-refractivity contribution in [1.82, 2.24) is 0 Å². The first-order valence-electron chi connectivity index (χ1n) is 7.18. The zero-order valence-corrected chi connectivity index (χ0v) is 14.1. The quantitative estimate of drug-likeness (QED) is 0.471. The summed E-state index contributed by atoms with van der Waals surface area (Å²) in [7, 11) is 0. The third-order valence-corrected chi connectivity index (χ3v) is 3.54. The van der Waals surface area contributed by atoms with E-state index in [4.69, 9.17) is 23.2 Å². The number of anilines is 1. The van der Waals surface area contributed by atoms with Gasteiger partial charge in [0.2, 0.25) is 0 Å². The number of hydrogen-bond acceptors (Lipinski definition) is 3. The lowest BCUT2D eigenvalue weighted by molar-refractivity contribution is 0.874. The van der Waals surface area contributed by atoms with Gasteiger partial charge in [-0.1, -0.05) is 12.1 Å². The van der Waals surface area contributed by atoms with Crippen molar-refractivity contribution in [1.29, 1.82) is 0 Å². The lowest BCUT2D eigenvalue weighted by atomic mass is 10.2. The maximum atomic E-state index is 5.83. The number of azo groups is 1. The third-order valence-electron chi connectivity index (χ3n) is 3.21. The molecule has 2 rings (SSSR count). The molecule has 22 heavy (non-hydrogen) atoms. The van der Waals surface area contributed by atoms with E-state index in [1.54, 1.807) is 0 Å². The van der Waals surface area contributed by atoms with Crippen LogP contribution < -0.4 is 4.90 Å². The Kier molecular flexibility index (Phi) is 6.69. The molecule has 2 aromatic rings. The Bertz CT molecular complexity index is 606. The molecule has 0 amide bonds. The Labute approximate surface area is 141 Å². The Morgan fingerprint density at radius 1 is 0.864 bits per heavy atom. The average Bonchev–Trinajstić information content (AvgIpc) is 2.53. The number of halogens is 2. The minimum Gasteiger partial charge on any atom is -0.369 e. The molecule has 0 atom stereocenters. The van der Waals surface area contributed by atoms with Gasteiger partial charge < -0.3 is 4.90 Å². The molecule has 0 saturated heterocycles. The molecule has 0 N–H and O–H groups in total. The first kappa shape index (κ1) is 16.8. The molecule has 0 heterocycles. The predicted molar refractivity (Wildman–Crippen MR) is 95.5 cm³/mol. The van der Waals surface area contributed by atoms with E-state index in [1.807, 2.05) is 55.5 Å². The van der Waals surface area contributed by atoms with Crippen LogP contribution in [0, 0.1) is 6.92 Å². The SMILES string of the molecule is Cc1cccc(N=Nc2ccc(N(CCCl)CCCl)cc2)c1. The molecule has 0 saturated carbocycles. The molecular weight excluding hydrogens is 317 g/mol. The van der Waals surface area contributed by atoms with Crippen LogP contribution in [0.2, 0.25) is 0 Å². The second-order valence-corrected chi connectivity index (χ2v) is 5.68. The van der Waals surface area contributed by atoms with Crippen molar-refractivity contribution in [2.45, 2.75) is 6.92 Å². The smallest absolute Gasteiger partial charge is 0.0859 e. The van der Waals surface area contributed by atoms with Gasteiger partial charge in [-0.3, -0.25) is 0 Å². The van der Waals surface area contributed by atoms with Gasteiger partial charge in [0.25, 0.3) is 0 Å². The number of hydrogen-bond donors (Lipinski definition) is 0. The molecule has 3 nitrogen and oxygen atoms in total. The molecule has 0 aromatic heterocycles. The maximum absolute atomic E-state index is 5.83. The minimum atomic E-state index is 0.575. The normalized spacial score (nSPS) is 11.0. The van der Waals surface area contributed by atoms with E-state index in [1.165, 1.54) is 5.56 Å². The van der Waals surface area contributed by atoms with Crippen molar-refractivity contribution < 1.29 is 0 Å². The fraction of sp³-hybridized carbons (Fsp3) is 0.294. The molecule has 2 aromatic carbocycles. The van der Waals surface area contributed by atoms with Crippen LogP contribution in [0.5, 0.6) is 0 Å². The zero-order valence-electron chi connectivity index (χ0n) is 12.5. The summed E-state index contributed by atoms with van der Waals surface area (Å²) >= 11 is 11.7.